The Labute approximate surface area is 746 Å². The molecule has 16 rings (SSSR count). The summed E-state index contributed by atoms with van der Waals surface area (Å²) in [6, 6.07) is 65.9. The quantitative estimate of drug-likeness (QED) is 0.0504. The average molecular weight is 1800 g/mol. The molecule has 4 heterocycles. The molecule has 0 aliphatic carbocycles. The van der Waals surface area contributed by atoms with Crippen molar-refractivity contribution < 1.29 is 98.4 Å². The van der Waals surface area contributed by atoms with E-state index in [1.807, 2.05) is 116 Å². The number of aromatic nitrogens is 8. The van der Waals surface area contributed by atoms with Gasteiger partial charge in [0.2, 0.25) is 51.4 Å². The third kappa shape index (κ3) is 19.6. The molecule has 0 saturated heterocycles. The fourth-order valence-electron chi connectivity index (χ4n) is 15.7. The fourth-order valence-corrected chi connectivity index (χ4v) is 15.7. The number of nitrogens with zero attached hydrogens (tertiary/aromatic N) is 8. The Kier molecular flexibility index (Phi) is 28.0. The number of hydrogen-bond acceptors (Lipinski definition) is 6. The average Bonchev–Trinajstić information content (AvgIpc) is 0.745. The van der Waals surface area contributed by atoms with Crippen LogP contribution < -0.4 is 23.0 Å². The van der Waals surface area contributed by atoms with Gasteiger partial charge in [-0.05, 0) is 214 Å². The second kappa shape index (κ2) is 38.9. The first kappa shape index (κ1) is 94.2. The number of methoxy groups -OCH3 is 1. The van der Waals surface area contributed by atoms with Crippen LogP contribution in [0.3, 0.4) is 0 Å². The topological polar surface area (TPSA) is 96.5 Å². The number of hydrogen-bond donors (Lipinski definition) is 1. The van der Waals surface area contributed by atoms with Crippen molar-refractivity contribution in [2.75, 3.05) is 7.11 Å². The summed E-state index contributed by atoms with van der Waals surface area (Å²) in [6.45, 7) is 16.3. The lowest BCUT2D eigenvalue weighted by Gasteiger charge is -2.17. The molecule has 10 nitrogen and oxygen atoms in total. The van der Waals surface area contributed by atoms with Crippen LogP contribution in [0.4, 0.5) is 70.2 Å². The van der Waals surface area contributed by atoms with Gasteiger partial charge in [-0.1, -0.05) is 103 Å². The van der Waals surface area contributed by atoms with Gasteiger partial charge >= 0.3 is 12.4 Å². The second-order valence-electron chi connectivity index (χ2n) is 31.4. The maximum absolute atomic E-state index is 14.7. The van der Waals surface area contributed by atoms with Gasteiger partial charge in [-0.15, -0.1) is 0 Å². The number of aliphatic hydroxyl groups excluding tert-OH is 1. The highest BCUT2D eigenvalue weighted by molar-refractivity contribution is 5.86. The summed E-state index contributed by atoms with van der Waals surface area (Å²) in [5, 5.41) is 10.1. The first-order chi connectivity index (χ1) is 62.2. The summed E-state index contributed by atoms with van der Waals surface area (Å²) < 4.78 is 231. The SMILES string of the molecule is COc1ccccc1-c1nc(-c2ccccc2)c(C)[n+](C)c1-c1c(C)cccc1CO.Cc1cc(F)ccc1-c1c(-c2ccc(F)cc2)nc(-c2c(F)c(F)c(F)c(F)c2F)c(C)[n+]1C.Cc1cc(F)ccc1-c1c(-c2ccc(F)cc2)nc(-c2ccc(F)cc2)c(C)[n+]1C.Cc1ccc(-c2nc(-c3ccc(C(F)(F)F)cc3)c(C)[n+](C)c2-c2ccc(C(F)(F)F)cc2C)cc1. The Morgan fingerprint density at radius 3 is 1.02 bits per heavy atom. The van der Waals surface area contributed by atoms with Crippen LogP contribution >= 0.6 is 0 Å². The van der Waals surface area contributed by atoms with Gasteiger partial charge in [0, 0.05) is 66.6 Å². The predicted molar refractivity (Wildman–Crippen MR) is 472 cm³/mol. The largest absolute Gasteiger partial charge is 0.496 e. The highest BCUT2D eigenvalue weighted by Crippen LogP contribution is 2.44. The molecule has 0 fully saturated rings. The van der Waals surface area contributed by atoms with Gasteiger partial charge < -0.3 is 9.84 Å². The zero-order valence-corrected chi connectivity index (χ0v) is 73.4. The van der Waals surface area contributed by atoms with Crippen molar-refractivity contribution >= 4 is 0 Å². The van der Waals surface area contributed by atoms with E-state index in [0.717, 1.165) is 138 Å². The van der Waals surface area contributed by atoms with Crippen molar-refractivity contribution in [3.8, 4) is 141 Å². The highest BCUT2D eigenvalue weighted by Gasteiger charge is 2.38. The van der Waals surface area contributed by atoms with Crippen LogP contribution in [0.2, 0.25) is 0 Å². The molecule has 26 heteroatoms. The van der Waals surface area contributed by atoms with Crippen molar-refractivity contribution in [3.63, 3.8) is 0 Å². The Balaban J connectivity index is 0.000000149. The van der Waals surface area contributed by atoms with Gasteiger partial charge in [0.15, 0.2) is 23.3 Å². The van der Waals surface area contributed by atoms with E-state index >= 15 is 0 Å². The zero-order chi connectivity index (χ0) is 94.7. The van der Waals surface area contributed by atoms with Crippen molar-refractivity contribution in [1.82, 2.24) is 19.9 Å². The van der Waals surface area contributed by atoms with Crippen LogP contribution in [-0.4, -0.2) is 32.2 Å². The summed E-state index contributed by atoms with van der Waals surface area (Å²) in [6.07, 6.45) is -8.92. The van der Waals surface area contributed by atoms with Crippen molar-refractivity contribution in [3.05, 3.63) is 374 Å². The van der Waals surface area contributed by atoms with Gasteiger partial charge in [-0.25, -0.2) is 63.8 Å². The third-order valence-electron chi connectivity index (χ3n) is 23.0. The molecule has 0 unspecified atom stereocenters. The number of ether oxygens (including phenoxy) is 1. The summed E-state index contributed by atoms with van der Waals surface area (Å²) in [5.74, 6) is -11.8. The van der Waals surface area contributed by atoms with E-state index in [2.05, 4.69) is 48.6 Å². The van der Waals surface area contributed by atoms with Gasteiger partial charge in [-0.3, -0.25) is 0 Å². The molecule has 0 aliphatic rings. The van der Waals surface area contributed by atoms with Crippen molar-refractivity contribution in [2.45, 2.75) is 81.3 Å². The third-order valence-corrected chi connectivity index (χ3v) is 23.0. The summed E-state index contributed by atoms with van der Waals surface area (Å²) >= 11 is 0. The number of aryl methyl sites for hydroxylation is 5. The van der Waals surface area contributed by atoms with E-state index in [4.69, 9.17) is 19.7 Å². The van der Waals surface area contributed by atoms with E-state index in [1.54, 1.807) is 65.3 Å². The van der Waals surface area contributed by atoms with Crippen LogP contribution in [0.25, 0.3) is 135 Å². The Morgan fingerprint density at radius 1 is 0.282 bits per heavy atom. The lowest BCUT2D eigenvalue weighted by Crippen LogP contribution is -2.37. The number of para-hydroxylation sites is 1. The van der Waals surface area contributed by atoms with Crippen molar-refractivity contribution in [1.29, 1.82) is 0 Å². The van der Waals surface area contributed by atoms with E-state index in [-0.39, 0.29) is 35.4 Å². The number of halogens is 16. The molecular formula is C105H86F16N8O2+4. The Bertz CT molecular complexity index is 6990. The van der Waals surface area contributed by atoms with E-state index in [0.29, 0.717) is 73.2 Å². The lowest BCUT2D eigenvalue weighted by atomic mass is 9.94. The molecule has 0 radical (unpaired) electrons. The van der Waals surface area contributed by atoms with Crippen LogP contribution in [0.5, 0.6) is 5.75 Å². The smallest absolute Gasteiger partial charge is 0.416 e. The minimum Gasteiger partial charge on any atom is -0.496 e. The number of aliphatic hydroxyl groups is 1. The summed E-state index contributed by atoms with van der Waals surface area (Å²) in [4.78, 5) is 19.3. The maximum Gasteiger partial charge on any atom is 0.416 e. The van der Waals surface area contributed by atoms with Crippen LogP contribution in [0, 0.1) is 120 Å². The van der Waals surface area contributed by atoms with Crippen LogP contribution in [0.15, 0.2) is 249 Å². The Morgan fingerprint density at radius 2 is 0.611 bits per heavy atom. The highest BCUT2D eigenvalue weighted by atomic mass is 19.4. The first-order valence-corrected chi connectivity index (χ1v) is 41.0. The molecule has 666 valence electrons. The van der Waals surface area contributed by atoms with Crippen LogP contribution in [-0.2, 0) is 47.2 Å². The molecule has 0 bridgehead atoms. The van der Waals surface area contributed by atoms with E-state index in [1.165, 1.54) is 103 Å². The fraction of sp³-hybridized carbons (Fsp3) is 0.162. The monoisotopic (exact) mass is 1790 g/mol. The van der Waals surface area contributed by atoms with E-state index < -0.39 is 75.5 Å². The molecule has 0 saturated carbocycles. The maximum atomic E-state index is 14.7. The summed E-state index contributed by atoms with van der Waals surface area (Å²) in [7, 11) is 8.94. The normalized spacial score (nSPS) is 11.4. The molecule has 4 aromatic heterocycles. The number of rotatable bonds is 14. The Hall–Kier alpha value is -14.4. The molecule has 0 spiro atoms. The molecule has 12 aromatic carbocycles. The molecule has 131 heavy (non-hydrogen) atoms. The molecule has 0 amide bonds. The minimum absolute atomic E-state index is 0.0398. The predicted octanol–water partition coefficient (Wildman–Crippen LogP) is 25.3. The molecule has 1 N–H and O–H groups in total. The standard InChI is InChI=1S/C28H23F6N2.C27H27N2O2.C25H16F7N2.C25H20F3N2/c1-16-5-7-20(8-6-16)25-26(23-14-13-22(15-17(23)2)28(32,33)34)36(4)18(3)24(35-25)19-9-11-21(12-10-19)27(29,30)31;1-18-11-10-14-21(17-30)24(18)27-26(22-15-8-9-16-23(22)31-4)28-25(19(2)29(27)3)20-12-6-5-7-13-20;1-11-10-15(27)8-9-16(11)25-24(13-4-6-14(26)7-5-13)33-23(12(2)34(25)3)17-18(28)20(30)22(32)21(31)19(17)29;1-15-14-21(28)12-13-22(15)25-24(18-6-10-20(27)11-7-18)29-23(16(2)30(25)3)17-4-8-19(26)9-5-17/h5-15H,1-4H3;5-16,30H,17H2,1-4H3;4-10H,1-3H3;4-14H,1-3H3/q4*+1. The first-order valence-electron chi connectivity index (χ1n) is 41.0. The minimum atomic E-state index is -4.47. The number of benzene rings is 12. The zero-order valence-electron chi connectivity index (χ0n) is 73.4. The lowest BCUT2D eigenvalue weighted by molar-refractivity contribution is -0.666. The van der Waals surface area contributed by atoms with E-state index in [9.17, 15) is 75.4 Å². The van der Waals surface area contributed by atoms with Crippen molar-refractivity contribution in [2.24, 2.45) is 28.2 Å². The second-order valence-corrected chi connectivity index (χ2v) is 31.4. The van der Waals surface area contributed by atoms with Crippen LogP contribution in [0.1, 0.15) is 67.3 Å². The molecule has 16 aromatic rings. The van der Waals surface area contributed by atoms with Gasteiger partial charge in [-0.2, -0.15) is 44.6 Å². The molecule has 0 atom stereocenters. The molecular weight excluding hydrogens is 1710 g/mol. The van der Waals surface area contributed by atoms with Gasteiger partial charge in [0.25, 0.3) is 0 Å². The van der Waals surface area contributed by atoms with Gasteiger partial charge in [0.1, 0.15) is 109 Å². The molecule has 0 aliphatic heterocycles. The number of alkyl halides is 6. The van der Waals surface area contributed by atoms with Gasteiger partial charge in [0.05, 0.1) is 52.7 Å². The summed E-state index contributed by atoms with van der Waals surface area (Å²) in [5.41, 5.74) is 19.0.